The van der Waals surface area contributed by atoms with Gasteiger partial charge in [-0.05, 0) is 43.2 Å². The highest BCUT2D eigenvalue weighted by Gasteiger charge is 2.38. The molecule has 1 atom stereocenters. The average molecular weight is 662 g/mol. The Labute approximate surface area is 264 Å². The molecule has 2 aromatic heterocycles. The highest BCUT2D eigenvalue weighted by atomic mass is 19.4. The van der Waals surface area contributed by atoms with Crippen LogP contribution in [-0.4, -0.2) is 61.2 Å². The van der Waals surface area contributed by atoms with Gasteiger partial charge in [-0.3, -0.25) is 14.1 Å². The van der Waals surface area contributed by atoms with E-state index in [2.05, 4.69) is 10.3 Å². The summed E-state index contributed by atoms with van der Waals surface area (Å²) in [5, 5.41) is 29.0. The van der Waals surface area contributed by atoms with Crippen molar-refractivity contribution in [1.82, 2.24) is 19.6 Å². The predicted octanol–water partition coefficient (Wildman–Crippen LogP) is 5.63. The summed E-state index contributed by atoms with van der Waals surface area (Å²) in [6, 6.07) is 15.3. The van der Waals surface area contributed by atoms with Gasteiger partial charge in [-0.25, -0.2) is 23.4 Å². The fraction of sp³-hybridized carbons (Fsp3) is 0.258. The number of hydrogen-bond acceptors (Lipinski definition) is 6. The molecule has 4 aromatic rings. The van der Waals surface area contributed by atoms with Crippen molar-refractivity contribution in [2.75, 3.05) is 6.54 Å². The van der Waals surface area contributed by atoms with Crippen molar-refractivity contribution in [3.63, 3.8) is 0 Å². The van der Waals surface area contributed by atoms with Crippen LogP contribution in [0.15, 0.2) is 60.8 Å². The monoisotopic (exact) mass is 661 g/mol. The standard InChI is InChI=1S/C29H27F2N5O4.C2HF3O2/c1-18-13-25(40-17-22-23(30)9-6-10-24(22)31)27-34-19(2)26(36(27)15-18)28(37)33-14-21(11-12-32)35(29(38)39)16-20-7-4-3-5-8-20;3-2(4,5)1(6)7/h3-10,13,15,21H,11,14,16-17H2,1-2H3,(H,33,37)(H,38,39);(H,6,7). The lowest BCUT2D eigenvalue weighted by molar-refractivity contribution is -0.192. The number of carboxylic acid groups (broad SMARTS) is 2. The Bertz CT molecular complexity index is 1770. The van der Waals surface area contributed by atoms with Crippen molar-refractivity contribution in [2.24, 2.45) is 0 Å². The van der Waals surface area contributed by atoms with Gasteiger partial charge in [0.15, 0.2) is 11.4 Å². The lowest BCUT2D eigenvalue weighted by Gasteiger charge is -2.28. The van der Waals surface area contributed by atoms with E-state index in [-0.39, 0.29) is 48.8 Å². The van der Waals surface area contributed by atoms with Crippen molar-refractivity contribution in [3.05, 3.63) is 101 Å². The van der Waals surface area contributed by atoms with Gasteiger partial charge in [0.1, 0.15) is 23.9 Å². The Morgan fingerprint density at radius 1 is 1.06 bits per heavy atom. The van der Waals surface area contributed by atoms with Gasteiger partial charge in [-0.15, -0.1) is 0 Å². The summed E-state index contributed by atoms with van der Waals surface area (Å²) in [4.78, 5) is 39.8. The zero-order valence-electron chi connectivity index (χ0n) is 24.9. The topological polar surface area (TPSA) is 157 Å². The van der Waals surface area contributed by atoms with Crippen LogP contribution in [0, 0.1) is 36.8 Å². The molecule has 0 saturated heterocycles. The number of ether oxygens (including phenoxy) is 1. The Hall–Kier alpha value is -5.72. The number of pyridine rings is 1. The minimum atomic E-state index is -5.08. The summed E-state index contributed by atoms with van der Waals surface area (Å²) in [5.74, 6) is -4.54. The minimum absolute atomic E-state index is 0.0511. The van der Waals surface area contributed by atoms with E-state index in [1.165, 1.54) is 10.5 Å². The van der Waals surface area contributed by atoms with E-state index in [4.69, 9.17) is 14.6 Å². The van der Waals surface area contributed by atoms with Crippen molar-refractivity contribution in [1.29, 1.82) is 5.26 Å². The molecule has 0 bridgehead atoms. The van der Waals surface area contributed by atoms with Gasteiger partial charge in [0.2, 0.25) is 0 Å². The molecule has 0 aliphatic rings. The van der Waals surface area contributed by atoms with Crippen molar-refractivity contribution in [3.8, 4) is 11.8 Å². The van der Waals surface area contributed by atoms with Crippen LogP contribution in [0.25, 0.3) is 5.65 Å². The fourth-order valence-corrected chi connectivity index (χ4v) is 4.38. The van der Waals surface area contributed by atoms with Crippen LogP contribution in [0.2, 0.25) is 0 Å². The van der Waals surface area contributed by atoms with Crippen LogP contribution in [0.3, 0.4) is 0 Å². The zero-order valence-corrected chi connectivity index (χ0v) is 24.9. The van der Waals surface area contributed by atoms with Gasteiger partial charge in [0.05, 0.1) is 29.8 Å². The third-order valence-corrected chi connectivity index (χ3v) is 6.60. The van der Waals surface area contributed by atoms with E-state index < -0.39 is 41.8 Å². The molecule has 2 aromatic carbocycles. The van der Waals surface area contributed by atoms with Gasteiger partial charge in [0.25, 0.3) is 5.91 Å². The van der Waals surface area contributed by atoms with Gasteiger partial charge >= 0.3 is 18.2 Å². The number of carbonyl (C=O) groups excluding carboxylic acids is 1. The molecule has 16 heteroatoms. The maximum absolute atomic E-state index is 14.1. The SMILES string of the molecule is Cc1cc(OCc2c(F)cccc2F)c2nc(C)c(C(=O)NCC(CC#N)N(Cc3ccccc3)C(=O)O)n2c1.O=C(O)C(F)(F)F. The number of halogens is 5. The molecule has 2 heterocycles. The van der Waals surface area contributed by atoms with E-state index >= 15 is 0 Å². The number of nitrogens with zero attached hydrogens (tertiary/aromatic N) is 4. The molecular weight excluding hydrogens is 633 g/mol. The fourth-order valence-electron chi connectivity index (χ4n) is 4.38. The van der Waals surface area contributed by atoms with Crippen LogP contribution < -0.4 is 10.1 Å². The van der Waals surface area contributed by atoms with Crippen LogP contribution >= 0.6 is 0 Å². The van der Waals surface area contributed by atoms with Crippen LogP contribution in [0.4, 0.5) is 26.7 Å². The molecule has 4 rings (SSSR count). The number of fused-ring (bicyclic) bond motifs is 1. The second-order valence-electron chi connectivity index (χ2n) is 10.0. The molecular formula is C31H28F5N5O6. The first-order valence-electron chi connectivity index (χ1n) is 13.7. The molecule has 0 radical (unpaired) electrons. The van der Waals surface area contributed by atoms with E-state index in [1.807, 2.05) is 12.1 Å². The number of hydrogen-bond donors (Lipinski definition) is 3. The Balaban J connectivity index is 0.000000771. The van der Waals surface area contributed by atoms with Gasteiger partial charge in [-0.1, -0.05) is 36.4 Å². The number of aliphatic carboxylic acids is 1. The largest absolute Gasteiger partial charge is 0.490 e. The summed E-state index contributed by atoms with van der Waals surface area (Å²) in [6.07, 6.45) is -4.75. The molecule has 11 nitrogen and oxygen atoms in total. The number of carbonyl (C=O) groups is 3. The number of alkyl halides is 3. The molecule has 47 heavy (non-hydrogen) atoms. The molecule has 248 valence electrons. The smallest absolute Gasteiger partial charge is 0.485 e. The van der Waals surface area contributed by atoms with Gasteiger partial charge in [-0.2, -0.15) is 18.4 Å². The quantitative estimate of drug-likeness (QED) is 0.185. The molecule has 0 aliphatic heterocycles. The number of amides is 2. The first-order valence-corrected chi connectivity index (χ1v) is 13.7. The summed E-state index contributed by atoms with van der Waals surface area (Å²) in [7, 11) is 0. The summed E-state index contributed by atoms with van der Waals surface area (Å²) < 4.78 is 67.2. The highest BCUT2D eigenvalue weighted by molar-refractivity contribution is 5.95. The molecule has 1 unspecified atom stereocenters. The number of benzene rings is 2. The van der Waals surface area contributed by atoms with E-state index in [0.717, 1.165) is 22.6 Å². The van der Waals surface area contributed by atoms with Gasteiger partial charge in [0, 0.05) is 19.3 Å². The molecule has 0 spiro atoms. The maximum atomic E-state index is 14.1. The number of imidazole rings is 1. The number of nitriles is 1. The molecule has 0 saturated carbocycles. The van der Waals surface area contributed by atoms with E-state index in [1.54, 1.807) is 50.4 Å². The Kier molecular flexibility index (Phi) is 11.8. The summed E-state index contributed by atoms with van der Waals surface area (Å²) in [5.41, 5.74) is 2.03. The molecule has 2 amide bonds. The van der Waals surface area contributed by atoms with Crippen molar-refractivity contribution >= 4 is 23.6 Å². The summed E-state index contributed by atoms with van der Waals surface area (Å²) >= 11 is 0. The molecule has 3 N–H and O–H groups in total. The summed E-state index contributed by atoms with van der Waals surface area (Å²) in [6.45, 7) is 2.95. The van der Waals surface area contributed by atoms with Gasteiger partial charge < -0.3 is 20.3 Å². The van der Waals surface area contributed by atoms with Crippen molar-refractivity contribution in [2.45, 2.75) is 45.6 Å². The number of aromatic nitrogens is 2. The second-order valence-corrected chi connectivity index (χ2v) is 10.0. The lowest BCUT2D eigenvalue weighted by atomic mass is 10.1. The highest BCUT2D eigenvalue weighted by Crippen LogP contribution is 2.26. The lowest BCUT2D eigenvalue weighted by Crippen LogP contribution is -2.46. The normalized spacial score (nSPS) is 11.5. The third-order valence-electron chi connectivity index (χ3n) is 6.60. The first kappa shape index (κ1) is 35.8. The van der Waals surface area contributed by atoms with Crippen LogP contribution in [0.1, 0.15) is 39.3 Å². The second kappa shape index (κ2) is 15.5. The molecule has 0 fully saturated rings. The Morgan fingerprint density at radius 3 is 2.23 bits per heavy atom. The minimum Gasteiger partial charge on any atom is -0.485 e. The third kappa shape index (κ3) is 9.39. The van der Waals surface area contributed by atoms with Crippen LogP contribution in [-0.2, 0) is 17.9 Å². The first-order chi connectivity index (χ1) is 22.1. The maximum Gasteiger partial charge on any atom is 0.490 e. The number of nitrogens with one attached hydrogen (secondary N) is 1. The average Bonchev–Trinajstić information content (AvgIpc) is 3.33. The van der Waals surface area contributed by atoms with E-state index in [0.29, 0.717) is 11.3 Å². The zero-order chi connectivity index (χ0) is 34.9. The van der Waals surface area contributed by atoms with E-state index in [9.17, 15) is 41.9 Å². The predicted molar refractivity (Wildman–Crippen MR) is 155 cm³/mol. The van der Waals surface area contributed by atoms with Crippen LogP contribution in [0.5, 0.6) is 5.75 Å². The number of carboxylic acids is 1. The number of aryl methyl sites for hydroxylation is 2. The Morgan fingerprint density at radius 2 is 1.68 bits per heavy atom. The van der Waals surface area contributed by atoms with Crippen molar-refractivity contribution < 1.29 is 51.3 Å². The molecule has 0 aliphatic carbocycles. The number of rotatable bonds is 10.